The van der Waals surface area contributed by atoms with E-state index in [9.17, 15) is 9.59 Å². The van der Waals surface area contributed by atoms with E-state index < -0.39 is 18.1 Å². The monoisotopic (exact) mass is 206 g/mol. The smallest absolute Gasteiger partial charge is 0.412 e. The maximum Gasteiger partial charge on any atom is 0.412 e. The Kier molecular flexibility index (Phi) is 5.91. The number of rotatable bonds is 1. The van der Waals surface area contributed by atoms with Crippen molar-refractivity contribution < 1.29 is 30.8 Å². The van der Waals surface area contributed by atoms with Gasteiger partial charge in [0.2, 0.25) is 0 Å². The summed E-state index contributed by atoms with van der Waals surface area (Å²) in [5, 5.41) is 17.0. The highest BCUT2D eigenvalue weighted by Crippen LogP contribution is 2.04. The molecule has 0 radical (unpaired) electrons. The van der Waals surface area contributed by atoms with Crippen LogP contribution in [0.1, 0.15) is 0 Å². The number of hydrogen-bond acceptors (Lipinski definition) is 3. The minimum atomic E-state index is -1.31. The van der Waals surface area contributed by atoms with E-state index in [-0.39, 0.29) is 11.0 Å². The van der Waals surface area contributed by atoms with Crippen molar-refractivity contribution >= 4 is 18.3 Å². The van der Waals surface area contributed by atoms with Crippen LogP contribution in [0.3, 0.4) is 0 Å². The van der Waals surface area contributed by atoms with Gasteiger partial charge < -0.3 is 21.2 Å². The molecule has 0 aromatic heterocycles. The van der Waals surface area contributed by atoms with Gasteiger partial charge in [-0.2, -0.15) is 0 Å². The second kappa shape index (κ2) is 5.67. The van der Waals surface area contributed by atoms with Crippen molar-refractivity contribution in [2.45, 2.75) is 6.04 Å². The molecule has 1 heterocycles. The predicted octanol–water partition coefficient (Wildman–Crippen LogP) is -1.67. The number of amides is 1. The van der Waals surface area contributed by atoms with Crippen LogP contribution in [0.25, 0.3) is 0 Å². The number of aliphatic carboxylic acids is 1. The first-order valence-electron chi connectivity index (χ1n) is 3.07. The van der Waals surface area contributed by atoms with Crippen LogP contribution in [0.15, 0.2) is 17.4 Å². The lowest BCUT2D eigenvalue weighted by Crippen LogP contribution is -2.43. The Labute approximate surface area is 78.4 Å². The average Bonchev–Trinajstić information content (AvgIpc) is 2.04. The molecule has 1 aliphatic rings. The van der Waals surface area contributed by atoms with Gasteiger partial charge in [-0.15, -0.1) is 0 Å². The van der Waals surface area contributed by atoms with E-state index >= 15 is 0 Å². The van der Waals surface area contributed by atoms with Gasteiger partial charge in [0.15, 0.2) is 6.04 Å². The number of aliphatic imine (C=N–C) groups is 1. The molecule has 6 N–H and O–H groups in total. The zero-order valence-electron chi connectivity index (χ0n) is 6.91. The molecule has 0 aliphatic carbocycles. The summed E-state index contributed by atoms with van der Waals surface area (Å²) in [6, 6.07) is -1.22. The van der Waals surface area contributed by atoms with Crippen molar-refractivity contribution in [3.63, 3.8) is 0 Å². The normalized spacial score (nSPS) is 18.0. The summed E-state index contributed by atoms with van der Waals surface area (Å²) >= 11 is 0. The number of carboxylic acid groups (broad SMARTS) is 2. The number of carbonyl (C=O) groups is 2. The third kappa shape index (κ3) is 2.84. The van der Waals surface area contributed by atoms with E-state index in [1.807, 2.05) is 0 Å². The minimum Gasteiger partial charge on any atom is -0.479 e. The van der Waals surface area contributed by atoms with E-state index in [0.29, 0.717) is 4.90 Å². The van der Waals surface area contributed by atoms with Gasteiger partial charge in [-0.05, 0) is 0 Å². The van der Waals surface area contributed by atoms with Gasteiger partial charge in [-0.25, -0.2) is 9.59 Å². The van der Waals surface area contributed by atoms with Gasteiger partial charge >= 0.3 is 12.1 Å². The van der Waals surface area contributed by atoms with Gasteiger partial charge in [0.25, 0.3) is 0 Å². The largest absolute Gasteiger partial charge is 0.479 e. The highest BCUT2D eigenvalue weighted by Gasteiger charge is 2.27. The zero-order chi connectivity index (χ0) is 9.14. The molecule has 1 amide bonds. The first-order chi connectivity index (χ1) is 5.63. The van der Waals surface area contributed by atoms with E-state index in [2.05, 4.69) is 4.99 Å². The number of nitrogens with zero attached hydrogens (tertiary/aromatic N) is 2. The van der Waals surface area contributed by atoms with Gasteiger partial charge in [-0.1, -0.05) is 0 Å². The predicted molar refractivity (Wildman–Crippen MR) is 46.1 cm³/mol. The molecule has 1 unspecified atom stereocenters. The van der Waals surface area contributed by atoms with E-state index in [0.717, 1.165) is 12.4 Å². The second-order valence-corrected chi connectivity index (χ2v) is 2.07. The lowest BCUT2D eigenvalue weighted by molar-refractivity contribution is -0.139. The van der Waals surface area contributed by atoms with Crippen LogP contribution in [0.2, 0.25) is 0 Å². The van der Waals surface area contributed by atoms with Crippen LogP contribution in [0.4, 0.5) is 4.79 Å². The Bertz CT molecular complexity index is 245. The number of hydrogen-bond donors (Lipinski definition) is 2. The molecule has 80 valence electrons. The Morgan fingerprint density at radius 3 is 2.21 bits per heavy atom. The molecule has 8 nitrogen and oxygen atoms in total. The lowest BCUT2D eigenvalue weighted by atomic mass is 10.3. The summed E-state index contributed by atoms with van der Waals surface area (Å²) in [6.07, 6.45) is 2.05. The zero-order valence-corrected chi connectivity index (χ0v) is 6.91. The van der Waals surface area contributed by atoms with Gasteiger partial charge in [0.1, 0.15) is 0 Å². The fourth-order valence-corrected chi connectivity index (χ4v) is 0.772. The standard InChI is InChI=1S/C6H6N2O4.2H2O/c9-5(10)4-3-7-1-2-8(4)6(11)12;;/h1-4H,(H,9,10)(H,11,12);2*1H2. The molecule has 0 aromatic carbocycles. The van der Waals surface area contributed by atoms with Gasteiger partial charge in [0, 0.05) is 18.6 Å². The van der Waals surface area contributed by atoms with Crippen molar-refractivity contribution in [1.82, 2.24) is 4.90 Å². The topological polar surface area (TPSA) is 153 Å². The molecule has 0 spiro atoms. The van der Waals surface area contributed by atoms with Crippen LogP contribution in [0, 0.1) is 0 Å². The first-order valence-corrected chi connectivity index (χ1v) is 3.07. The SMILES string of the molecule is O.O.O=C(O)C1C=NC=CN1C(=O)O. The molecule has 0 fully saturated rings. The fraction of sp³-hybridized carbons (Fsp3) is 0.167. The Balaban J connectivity index is 0. The van der Waals surface area contributed by atoms with Crippen molar-refractivity contribution in [2.75, 3.05) is 0 Å². The quantitative estimate of drug-likeness (QED) is 0.526. The molecule has 8 heteroatoms. The molecular formula is C6H10N2O6. The third-order valence-electron chi connectivity index (χ3n) is 1.31. The first kappa shape index (κ1) is 14.6. The summed E-state index contributed by atoms with van der Waals surface area (Å²) in [6.45, 7) is 0. The fourth-order valence-electron chi connectivity index (χ4n) is 0.772. The summed E-state index contributed by atoms with van der Waals surface area (Å²) in [7, 11) is 0. The highest BCUT2D eigenvalue weighted by atomic mass is 16.4. The number of carboxylic acids is 1. The van der Waals surface area contributed by atoms with Crippen molar-refractivity contribution in [1.29, 1.82) is 0 Å². The Morgan fingerprint density at radius 1 is 1.29 bits per heavy atom. The van der Waals surface area contributed by atoms with Crippen LogP contribution in [0.5, 0.6) is 0 Å². The maximum absolute atomic E-state index is 10.4. The maximum atomic E-state index is 10.4. The summed E-state index contributed by atoms with van der Waals surface area (Å²) in [4.78, 5) is 25.0. The summed E-state index contributed by atoms with van der Waals surface area (Å²) in [5.41, 5.74) is 0. The van der Waals surface area contributed by atoms with Crippen LogP contribution in [-0.2, 0) is 4.79 Å². The molecule has 0 saturated heterocycles. The lowest BCUT2D eigenvalue weighted by Gasteiger charge is -2.20. The van der Waals surface area contributed by atoms with E-state index in [1.165, 1.54) is 6.20 Å². The highest BCUT2D eigenvalue weighted by molar-refractivity contribution is 5.97. The van der Waals surface area contributed by atoms with Crippen molar-refractivity contribution in [3.05, 3.63) is 12.4 Å². The van der Waals surface area contributed by atoms with Crippen LogP contribution in [-0.4, -0.2) is 50.4 Å². The molecule has 1 atom stereocenters. The average molecular weight is 206 g/mol. The second-order valence-electron chi connectivity index (χ2n) is 2.07. The summed E-state index contributed by atoms with van der Waals surface area (Å²) < 4.78 is 0. The third-order valence-corrected chi connectivity index (χ3v) is 1.31. The molecule has 0 aromatic rings. The molecule has 1 aliphatic heterocycles. The molecule has 0 saturated carbocycles. The van der Waals surface area contributed by atoms with E-state index in [1.54, 1.807) is 0 Å². The van der Waals surface area contributed by atoms with E-state index in [4.69, 9.17) is 10.2 Å². The Morgan fingerprint density at radius 2 is 1.86 bits per heavy atom. The Hall–Kier alpha value is -1.93. The molecule has 0 bridgehead atoms. The van der Waals surface area contributed by atoms with Crippen LogP contribution < -0.4 is 0 Å². The molecule has 1 rings (SSSR count). The van der Waals surface area contributed by atoms with Crippen molar-refractivity contribution in [2.24, 2.45) is 4.99 Å². The molecule has 14 heavy (non-hydrogen) atoms. The summed E-state index contributed by atoms with van der Waals surface area (Å²) in [5.74, 6) is -1.24. The van der Waals surface area contributed by atoms with Gasteiger partial charge in [-0.3, -0.25) is 9.89 Å². The molecular weight excluding hydrogens is 196 g/mol. The van der Waals surface area contributed by atoms with Crippen molar-refractivity contribution in [3.8, 4) is 0 Å². The van der Waals surface area contributed by atoms with Gasteiger partial charge in [0.05, 0.1) is 0 Å². The minimum absolute atomic E-state index is 0. The van der Waals surface area contributed by atoms with Crippen LogP contribution >= 0.6 is 0 Å².